The van der Waals surface area contributed by atoms with Crippen LogP contribution in [0.2, 0.25) is 0 Å². The van der Waals surface area contributed by atoms with E-state index in [1.807, 2.05) is 62.5 Å². The standard InChI is InChI=1S/C33H40N4O4S3/c1-5-7-12-25(6-2)21-36-32(38)30(43-33(36)42)18-27-22-37(28-14-9-8-10-15-28)34-31(27)26-13-11-16-29(17-26)44(39,40)35-19-23(3)41-24(4)20-35/h8-11,13-18,22-25H,5-7,12,19-21H2,1-4H3/b30-18-. The van der Waals surface area contributed by atoms with E-state index < -0.39 is 10.0 Å². The number of amides is 1. The second kappa shape index (κ2) is 14.1. The lowest BCUT2D eigenvalue weighted by Crippen LogP contribution is -2.48. The van der Waals surface area contributed by atoms with Gasteiger partial charge in [-0.2, -0.15) is 9.40 Å². The van der Waals surface area contributed by atoms with Gasteiger partial charge in [-0.3, -0.25) is 9.69 Å². The first-order valence-corrected chi connectivity index (χ1v) is 17.9. The monoisotopic (exact) mass is 652 g/mol. The third kappa shape index (κ3) is 7.18. The number of unbranched alkanes of at least 4 members (excludes halogenated alkanes) is 1. The van der Waals surface area contributed by atoms with Gasteiger partial charge in [0, 0.05) is 37.0 Å². The van der Waals surface area contributed by atoms with E-state index in [4.69, 9.17) is 22.1 Å². The molecule has 0 bridgehead atoms. The summed E-state index contributed by atoms with van der Waals surface area (Å²) in [5, 5.41) is 4.89. The molecule has 8 nitrogen and oxygen atoms in total. The lowest BCUT2D eigenvalue weighted by molar-refractivity contribution is -0.122. The lowest BCUT2D eigenvalue weighted by Gasteiger charge is -2.34. The van der Waals surface area contributed by atoms with Gasteiger partial charge in [0.1, 0.15) is 10.0 Å². The molecule has 0 saturated carbocycles. The number of carbonyl (C=O) groups is 1. The van der Waals surface area contributed by atoms with Crippen LogP contribution in [-0.4, -0.2) is 69.5 Å². The first-order valence-electron chi connectivity index (χ1n) is 15.3. The molecule has 2 aliphatic rings. The zero-order chi connectivity index (χ0) is 31.4. The van der Waals surface area contributed by atoms with Crippen molar-refractivity contribution in [1.82, 2.24) is 19.0 Å². The summed E-state index contributed by atoms with van der Waals surface area (Å²) >= 11 is 6.97. The van der Waals surface area contributed by atoms with Crippen LogP contribution < -0.4 is 0 Å². The van der Waals surface area contributed by atoms with Gasteiger partial charge >= 0.3 is 0 Å². The number of para-hydroxylation sites is 1. The summed E-state index contributed by atoms with van der Waals surface area (Å²) in [6.45, 7) is 9.31. The molecule has 234 valence electrons. The number of ether oxygens (including phenoxy) is 1. The number of hydrogen-bond acceptors (Lipinski definition) is 7. The van der Waals surface area contributed by atoms with Crippen molar-refractivity contribution in [3.05, 3.63) is 71.3 Å². The molecule has 3 atom stereocenters. The number of rotatable bonds is 11. The van der Waals surface area contributed by atoms with Crippen molar-refractivity contribution in [3.63, 3.8) is 0 Å². The van der Waals surface area contributed by atoms with Crippen molar-refractivity contribution < 1.29 is 17.9 Å². The van der Waals surface area contributed by atoms with E-state index in [0.29, 0.717) is 51.6 Å². The van der Waals surface area contributed by atoms with Crippen molar-refractivity contribution in [1.29, 1.82) is 0 Å². The third-order valence-electron chi connectivity index (χ3n) is 8.04. The highest BCUT2D eigenvalue weighted by molar-refractivity contribution is 8.26. The molecule has 0 aliphatic carbocycles. The Morgan fingerprint density at radius 2 is 1.82 bits per heavy atom. The Balaban J connectivity index is 1.51. The molecule has 2 fully saturated rings. The molecule has 0 N–H and O–H groups in total. The van der Waals surface area contributed by atoms with Gasteiger partial charge in [0.15, 0.2) is 0 Å². The van der Waals surface area contributed by atoms with Crippen LogP contribution in [0, 0.1) is 5.92 Å². The summed E-state index contributed by atoms with van der Waals surface area (Å²) in [5.74, 6) is 0.301. The van der Waals surface area contributed by atoms with Crippen molar-refractivity contribution in [3.8, 4) is 16.9 Å². The highest BCUT2D eigenvalue weighted by Crippen LogP contribution is 2.36. The molecular weight excluding hydrogens is 613 g/mol. The van der Waals surface area contributed by atoms with Gasteiger partial charge in [-0.15, -0.1) is 0 Å². The molecule has 2 saturated heterocycles. The Bertz CT molecular complexity index is 1630. The number of hydrogen-bond donors (Lipinski definition) is 0. The smallest absolute Gasteiger partial charge is 0.266 e. The molecule has 2 aromatic carbocycles. The maximum atomic E-state index is 13.7. The van der Waals surface area contributed by atoms with Gasteiger partial charge in [0.05, 0.1) is 27.7 Å². The Morgan fingerprint density at radius 3 is 2.50 bits per heavy atom. The molecule has 0 radical (unpaired) electrons. The Morgan fingerprint density at radius 1 is 1.09 bits per heavy atom. The lowest BCUT2D eigenvalue weighted by atomic mass is 9.99. The quantitative estimate of drug-likeness (QED) is 0.167. The molecule has 11 heteroatoms. The van der Waals surface area contributed by atoms with Gasteiger partial charge in [0.2, 0.25) is 10.0 Å². The third-order valence-corrected chi connectivity index (χ3v) is 11.2. The van der Waals surface area contributed by atoms with E-state index in [1.54, 1.807) is 27.8 Å². The normalized spacial score (nSPS) is 21.4. The molecule has 1 amide bonds. The van der Waals surface area contributed by atoms with Crippen molar-refractivity contribution in [2.24, 2.45) is 5.92 Å². The molecule has 44 heavy (non-hydrogen) atoms. The van der Waals surface area contributed by atoms with Crippen LogP contribution in [0.15, 0.2) is 70.6 Å². The van der Waals surface area contributed by atoms with Crippen molar-refractivity contribution in [2.75, 3.05) is 19.6 Å². The molecule has 2 aliphatic heterocycles. The Hall–Kier alpha value is -2.83. The largest absolute Gasteiger partial charge is 0.373 e. The van der Waals surface area contributed by atoms with Crippen LogP contribution in [0.25, 0.3) is 23.0 Å². The summed E-state index contributed by atoms with van der Waals surface area (Å²) in [5.41, 5.74) is 2.77. The van der Waals surface area contributed by atoms with E-state index in [1.165, 1.54) is 16.1 Å². The minimum atomic E-state index is -3.76. The van der Waals surface area contributed by atoms with E-state index in [9.17, 15) is 13.2 Å². The zero-order valence-electron chi connectivity index (χ0n) is 25.7. The Kier molecular flexibility index (Phi) is 10.4. The molecule has 3 aromatic rings. The maximum absolute atomic E-state index is 13.7. The minimum Gasteiger partial charge on any atom is -0.373 e. The maximum Gasteiger partial charge on any atom is 0.266 e. The van der Waals surface area contributed by atoms with Crippen LogP contribution in [0.5, 0.6) is 0 Å². The number of morpholine rings is 1. The SMILES string of the molecule is CCCCC(CC)CN1C(=O)/C(=C/c2cn(-c3ccccc3)nc2-c2cccc(S(=O)(=O)N3CC(C)OC(C)C3)c2)SC1=S. The summed E-state index contributed by atoms with van der Waals surface area (Å²) in [4.78, 5) is 16.1. The number of thioether (sulfide) groups is 1. The fraction of sp³-hybridized carbons (Fsp3) is 0.424. The average Bonchev–Trinajstić information content (AvgIpc) is 3.55. The van der Waals surface area contributed by atoms with Crippen LogP contribution in [0.4, 0.5) is 0 Å². The number of sulfonamides is 1. The van der Waals surface area contributed by atoms with E-state index in [-0.39, 0.29) is 23.0 Å². The number of carbonyl (C=O) groups excluding carboxylic acids is 1. The summed E-state index contributed by atoms with van der Waals surface area (Å²) in [6, 6.07) is 16.6. The average molecular weight is 653 g/mol. The van der Waals surface area contributed by atoms with Crippen LogP contribution in [0.3, 0.4) is 0 Å². The fourth-order valence-electron chi connectivity index (χ4n) is 5.68. The van der Waals surface area contributed by atoms with Gasteiger partial charge in [-0.25, -0.2) is 13.1 Å². The van der Waals surface area contributed by atoms with Crippen LogP contribution in [0.1, 0.15) is 58.9 Å². The number of aromatic nitrogens is 2. The molecule has 5 rings (SSSR count). The second-order valence-corrected chi connectivity index (χ2v) is 15.1. The highest BCUT2D eigenvalue weighted by Gasteiger charge is 2.34. The first-order chi connectivity index (χ1) is 21.1. The summed E-state index contributed by atoms with van der Waals surface area (Å²) < 4.78 is 37.0. The fourth-order valence-corrected chi connectivity index (χ4v) is 8.59. The van der Waals surface area contributed by atoms with E-state index >= 15 is 0 Å². The van der Waals surface area contributed by atoms with Gasteiger partial charge in [-0.1, -0.05) is 87.4 Å². The van der Waals surface area contributed by atoms with Gasteiger partial charge < -0.3 is 4.74 Å². The topological polar surface area (TPSA) is 84.7 Å². The van der Waals surface area contributed by atoms with Gasteiger partial charge in [0.25, 0.3) is 5.91 Å². The molecule has 0 spiro atoms. The predicted octanol–water partition coefficient (Wildman–Crippen LogP) is 6.75. The van der Waals surface area contributed by atoms with Crippen molar-refractivity contribution >= 4 is 50.3 Å². The summed E-state index contributed by atoms with van der Waals surface area (Å²) in [7, 11) is -3.76. The Labute approximate surface area is 270 Å². The summed E-state index contributed by atoms with van der Waals surface area (Å²) in [6.07, 6.45) is 7.63. The first kappa shape index (κ1) is 32.6. The van der Waals surface area contributed by atoms with Gasteiger partial charge in [-0.05, 0) is 56.5 Å². The molecular formula is C33H40N4O4S3. The van der Waals surface area contributed by atoms with E-state index in [0.717, 1.165) is 31.4 Å². The van der Waals surface area contributed by atoms with Crippen LogP contribution in [-0.2, 0) is 19.6 Å². The second-order valence-electron chi connectivity index (χ2n) is 11.5. The predicted molar refractivity (Wildman–Crippen MR) is 181 cm³/mol. The zero-order valence-corrected chi connectivity index (χ0v) is 28.1. The minimum absolute atomic E-state index is 0.0970. The number of nitrogens with zero attached hydrogens (tertiary/aromatic N) is 4. The molecule has 3 heterocycles. The number of benzene rings is 2. The molecule has 3 unspecified atom stereocenters. The van der Waals surface area contributed by atoms with Crippen molar-refractivity contribution in [2.45, 2.75) is 70.5 Å². The van der Waals surface area contributed by atoms with Crippen LogP contribution >= 0.6 is 24.0 Å². The molecule has 1 aromatic heterocycles. The highest BCUT2D eigenvalue weighted by atomic mass is 32.2. The van der Waals surface area contributed by atoms with E-state index in [2.05, 4.69) is 13.8 Å². The number of thiocarbonyl (C=S) groups is 1.